The van der Waals surface area contributed by atoms with Crippen LogP contribution in [0.4, 0.5) is 4.39 Å². The molecule has 0 aromatic heterocycles. The van der Waals surface area contributed by atoms with E-state index in [1.807, 2.05) is 26.0 Å². The van der Waals surface area contributed by atoms with Gasteiger partial charge >= 0.3 is 0 Å². The van der Waals surface area contributed by atoms with Crippen molar-refractivity contribution >= 4 is 29.9 Å². The third-order valence-corrected chi connectivity index (χ3v) is 5.27. The third-order valence-electron chi connectivity index (χ3n) is 5.27. The first-order valence-corrected chi connectivity index (χ1v) is 10.7. The van der Waals surface area contributed by atoms with E-state index in [1.54, 1.807) is 33.5 Å². The van der Waals surface area contributed by atoms with Crippen molar-refractivity contribution in [3.05, 3.63) is 53.3 Å². The molecule has 9 heteroatoms. The minimum Gasteiger partial charge on any atom is -0.493 e. The Balaban J connectivity index is 0.00000385. The standard InChI is InChI=1S/C24H32FN3O4.HI/c1-6-26-24(27-13-17-11-20(29-3)23(31-5)21(12-17)30-4)28-14-16(2)32-22(15-28)18-7-9-19(25)10-8-18;/h7-12,16,22H,6,13-15H2,1-5H3,(H,26,27);1H. The van der Waals surface area contributed by atoms with E-state index in [4.69, 9.17) is 23.9 Å². The molecule has 0 saturated carbocycles. The fraction of sp³-hybridized carbons (Fsp3) is 0.458. The second-order valence-corrected chi connectivity index (χ2v) is 7.60. The quantitative estimate of drug-likeness (QED) is 0.301. The van der Waals surface area contributed by atoms with Gasteiger partial charge in [-0.3, -0.25) is 0 Å². The second kappa shape index (κ2) is 12.8. The summed E-state index contributed by atoms with van der Waals surface area (Å²) in [6.07, 6.45) is -0.159. The number of guanidine groups is 1. The molecule has 0 aliphatic carbocycles. The van der Waals surface area contributed by atoms with Crippen molar-refractivity contribution in [3.8, 4) is 17.2 Å². The Morgan fingerprint density at radius 3 is 2.27 bits per heavy atom. The van der Waals surface area contributed by atoms with Gasteiger partial charge in [0.2, 0.25) is 5.75 Å². The summed E-state index contributed by atoms with van der Waals surface area (Å²) >= 11 is 0. The molecule has 2 unspecified atom stereocenters. The van der Waals surface area contributed by atoms with Gasteiger partial charge in [0.1, 0.15) is 11.9 Å². The SMILES string of the molecule is CCNC(=NCc1cc(OC)c(OC)c(OC)c1)N1CC(C)OC(c2ccc(F)cc2)C1.I. The smallest absolute Gasteiger partial charge is 0.203 e. The molecule has 1 fully saturated rings. The maximum Gasteiger partial charge on any atom is 0.203 e. The lowest BCUT2D eigenvalue weighted by atomic mass is 10.1. The van der Waals surface area contributed by atoms with Crippen LogP contribution in [0.1, 0.15) is 31.1 Å². The van der Waals surface area contributed by atoms with Crippen molar-refractivity contribution < 1.29 is 23.3 Å². The predicted molar refractivity (Wildman–Crippen MR) is 138 cm³/mol. The molecule has 0 radical (unpaired) electrons. The Morgan fingerprint density at radius 2 is 1.73 bits per heavy atom. The summed E-state index contributed by atoms with van der Waals surface area (Å²) in [7, 11) is 4.77. The van der Waals surface area contributed by atoms with Gasteiger partial charge in [-0.1, -0.05) is 12.1 Å². The number of morpholine rings is 1. The Bertz CT molecular complexity index is 901. The molecule has 3 rings (SSSR count). The Hall–Kier alpha value is -2.27. The van der Waals surface area contributed by atoms with Crippen LogP contribution < -0.4 is 19.5 Å². The van der Waals surface area contributed by atoms with Crippen LogP contribution in [0.2, 0.25) is 0 Å². The monoisotopic (exact) mass is 573 g/mol. The molecule has 0 bridgehead atoms. The summed E-state index contributed by atoms with van der Waals surface area (Å²) in [5, 5.41) is 3.38. The van der Waals surface area contributed by atoms with Gasteiger partial charge in [0.05, 0.1) is 40.5 Å². The number of methoxy groups -OCH3 is 3. The van der Waals surface area contributed by atoms with Gasteiger partial charge in [-0.25, -0.2) is 9.38 Å². The molecule has 0 amide bonds. The van der Waals surface area contributed by atoms with Crippen LogP contribution in [0.25, 0.3) is 0 Å². The van der Waals surface area contributed by atoms with Crippen LogP contribution in [0.15, 0.2) is 41.4 Å². The zero-order valence-electron chi connectivity index (χ0n) is 19.8. The fourth-order valence-electron chi connectivity index (χ4n) is 3.80. The van der Waals surface area contributed by atoms with E-state index in [-0.39, 0.29) is 42.0 Å². The Morgan fingerprint density at radius 1 is 1.09 bits per heavy atom. The molecule has 1 heterocycles. The first kappa shape index (κ1) is 27.0. The van der Waals surface area contributed by atoms with E-state index in [1.165, 1.54) is 12.1 Å². The fourth-order valence-corrected chi connectivity index (χ4v) is 3.80. The highest BCUT2D eigenvalue weighted by atomic mass is 127. The number of nitrogens with zero attached hydrogens (tertiary/aromatic N) is 2. The summed E-state index contributed by atoms with van der Waals surface area (Å²) < 4.78 is 35.8. The number of hydrogen-bond donors (Lipinski definition) is 1. The summed E-state index contributed by atoms with van der Waals surface area (Å²) in [4.78, 5) is 7.04. The second-order valence-electron chi connectivity index (χ2n) is 7.60. The van der Waals surface area contributed by atoms with Crippen LogP contribution in [0.5, 0.6) is 17.2 Å². The zero-order chi connectivity index (χ0) is 23.1. The zero-order valence-corrected chi connectivity index (χ0v) is 22.1. The Kier molecular flexibility index (Phi) is 10.5. The summed E-state index contributed by atoms with van der Waals surface area (Å²) in [6, 6.07) is 10.3. The van der Waals surface area contributed by atoms with Gasteiger partial charge in [0.25, 0.3) is 0 Å². The molecule has 1 aliphatic rings. The highest BCUT2D eigenvalue weighted by Gasteiger charge is 2.28. The van der Waals surface area contributed by atoms with Crippen LogP contribution in [-0.2, 0) is 11.3 Å². The summed E-state index contributed by atoms with van der Waals surface area (Å²) in [6.45, 7) is 6.57. The van der Waals surface area contributed by atoms with E-state index in [0.717, 1.165) is 23.6 Å². The van der Waals surface area contributed by atoms with Crippen LogP contribution >= 0.6 is 24.0 Å². The van der Waals surface area contributed by atoms with E-state index >= 15 is 0 Å². The van der Waals surface area contributed by atoms with Gasteiger partial charge in [0.15, 0.2) is 17.5 Å². The molecule has 1 N–H and O–H groups in total. The maximum atomic E-state index is 13.3. The summed E-state index contributed by atoms with van der Waals surface area (Å²) in [5.41, 5.74) is 1.88. The van der Waals surface area contributed by atoms with Gasteiger partial charge < -0.3 is 29.2 Å². The molecule has 182 valence electrons. The average molecular weight is 573 g/mol. The molecule has 2 atom stereocenters. The van der Waals surface area contributed by atoms with Gasteiger partial charge in [-0.15, -0.1) is 24.0 Å². The lowest BCUT2D eigenvalue weighted by molar-refractivity contribution is -0.0605. The Labute approximate surface area is 212 Å². The molecule has 33 heavy (non-hydrogen) atoms. The highest BCUT2D eigenvalue weighted by Crippen LogP contribution is 2.38. The predicted octanol–water partition coefficient (Wildman–Crippen LogP) is 4.40. The van der Waals surface area contributed by atoms with E-state index in [9.17, 15) is 4.39 Å². The van der Waals surface area contributed by atoms with Crippen molar-refractivity contribution in [1.82, 2.24) is 10.2 Å². The normalized spacial score (nSPS) is 18.4. The largest absolute Gasteiger partial charge is 0.493 e. The summed E-state index contributed by atoms with van der Waals surface area (Å²) in [5.74, 6) is 2.29. The minimum atomic E-state index is -0.255. The van der Waals surface area contributed by atoms with E-state index in [0.29, 0.717) is 36.9 Å². The average Bonchev–Trinajstić information content (AvgIpc) is 2.80. The van der Waals surface area contributed by atoms with Crippen molar-refractivity contribution in [3.63, 3.8) is 0 Å². The van der Waals surface area contributed by atoms with E-state index in [2.05, 4.69) is 10.2 Å². The van der Waals surface area contributed by atoms with Crippen molar-refractivity contribution in [2.24, 2.45) is 4.99 Å². The van der Waals surface area contributed by atoms with Crippen LogP contribution in [0.3, 0.4) is 0 Å². The molecule has 1 saturated heterocycles. The van der Waals surface area contributed by atoms with Crippen molar-refractivity contribution in [2.45, 2.75) is 32.6 Å². The third kappa shape index (κ3) is 6.86. The van der Waals surface area contributed by atoms with Crippen LogP contribution in [0, 0.1) is 5.82 Å². The number of benzene rings is 2. The van der Waals surface area contributed by atoms with Crippen LogP contribution in [-0.4, -0.2) is 57.9 Å². The molecular weight excluding hydrogens is 540 g/mol. The maximum absolute atomic E-state index is 13.3. The number of nitrogens with one attached hydrogen (secondary N) is 1. The lowest BCUT2D eigenvalue weighted by Gasteiger charge is -2.38. The van der Waals surface area contributed by atoms with Gasteiger partial charge in [-0.05, 0) is 49.2 Å². The number of rotatable bonds is 7. The van der Waals surface area contributed by atoms with Crippen molar-refractivity contribution in [2.75, 3.05) is 41.0 Å². The minimum absolute atomic E-state index is 0. The number of hydrogen-bond acceptors (Lipinski definition) is 5. The first-order valence-electron chi connectivity index (χ1n) is 10.7. The molecule has 2 aromatic rings. The van der Waals surface area contributed by atoms with Gasteiger partial charge in [-0.2, -0.15) is 0 Å². The molecule has 2 aromatic carbocycles. The molecule has 0 spiro atoms. The number of aliphatic imine (C=N–C) groups is 1. The van der Waals surface area contributed by atoms with Gasteiger partial charge in [0, 0.05) is 13.1 Å². The topological polar surface area (TPSA) is 64.6 Å². The van der Waals surface area contributed by atoms with Crippen molar-refractivity contribution in [1.29, 1.82) is 0 Å². The first-order chi connectivity index (χ1) is 15.5. The lowest BCUT2D eigenvalue weighted by Crippen LogP contribution is -2.50. The number of halogens is 2. The number of ether oxygens (including phenoxy) is 4. The highest BCUT2D eigenvalue weighted by molar-refractivity contribution is 14.0. The molecular formula is C24H33FIN3O4. The molecule has 1 aliphatic heterocycles. The molecule has 7 nitrogen and oxygen atoms in total. The van der Waals surface area contributed by atoms with E-state index < -0.39 is 0 Å².